The van der Waals surface area contributed by atoms with Gasteiger partial charge in [0.25, 0.3) is 0 Å². The Balaban J connectivity index is 2.51. The van der Waals surface area contributed by atoms with Gasteiger partial charge in [-0.3, -0.25) is 0 Å². The molecule has 0 bridgehead atoms. The van der Waals surface area contributed by atoms with Crippen LogP contribution in [0.5, 0.6) is 5.75 Å². The summed E-state index contributed by atoms with van der Waals surface area (Å²) in [5, 5.41) is 0. The first-order valence-corrected chi connectivity index (χ1v) is 4.65. The molecular weight excluding hydrogens is 162 g/mol. The largest absolute Gasteiger partial charge is 0.496 e. The van der Waals surface area contributed by atoms with Crippen molar-refractivity contribution in [2.45, 2.75) is 25.8 Å². The number of ether oxygens (including phenoxy) is 1. The normalized spacial score (nSPS) is 20.1. The number of hydrogen-bond donors (Lipinski definition) is 1. The smallest absolute Gasteiger partial charge is 0.122 e. The van der Waals surface area contributed by atoms with Crippen molar-refractivity contribution in [3.05, 3.63) is 28.8 Å². The molecule has 2 N–H and O–H groups in total. The minimum Gasteiger partial charge on any atom is -0.496 e. The van der Waals surface area contributed by atoms with Crippen LogP contribution in [0.15, 0.2) is 12.1 Å². The maximum Gasteiger partial charge on any atom is 0.122 e. The Morgan fingerprint density at radius 3 is 2.92 bits per heavy atom. The molecule has 1 aromatic carbocycles. The molecule has 0 spiro atoms. The van der Waals surface area contributed by atoms with E-state index in [0.717, 1.165) is 18.6 Å². The van der Waals surface area contributed by atoms with Gasteiger partial charge in [-0.25, -0.2) is 0 Å². The van der Waals surface area contributed by atoms with E-state index in [4.69, 9.17) is 10.5 Å². The zero-order valence-electron chi connectivity index (χ0n) is 8.13. The molecule has 1 aliphatic rings. The fraction of sp³-hybridized carbons (Fsp3) is 0.455. The lowest BCUT2D eigenvalue weighted by atomic mass is 10.0. The van der Waals surface area contributed by atoms with Gasteiger partial charge in [0.05, 0.1) is 7.11 Å². The van der Waals surface area contributed by atoms with Gasteiger partial charge in [0.2, 0.25) is 0 Å². The zero-order chi connectivity index (χ0) is 9.42. The second kappa shape index (κ2) is 3.04. The van der Waals surface area contributed by atoms with Crippen LogP contribution in [0.25, 0.3) is 0 Å². The minimum atomic E-state index is 0.212. The Bertz CT molecular complexity index is 333. The number of benzene rings is 1. The summed E-state index contributed by atoms with van der Waals surface area (Å²) in [6, 6.07) is 4.49. The van der Waals surface area contributed by atoms with E-state index >= 15 is 0 Å². The van der Waals surface area contributed by atoms with Crippen LogP contribution in [0.3, 0.4) is 0 Å². The molecule has 1 atom stereocenters. The summed E-state index contributed by atoms with van der Waals surface area (Å²) in [4.78, 5) is 0. The van der Waals surface area contributed by atoms with Crippen LogP contribution in [-0.4, -0.2) is 7.11 Å². The predicted molar refractivity (Wildman–Crippen MR) is 53.0 cm³/mol. The molecule has 1 unspecified atom stereocenters. The highest BCUT2D eigenvalue weighted by Crippen LogP contribution is 2.34. The van der Waals surface area contributed by atoms with E-state index in [1.165, 1.54) is 16.7 Å². The molecule has 2 rings (SSSR count). The molecule has 70 valence electrons. The van der Waals surface area contributed by atoms with Crippen LogP contribution in [0, 0.1) is 6.92 Å². The molecule has 0 heterocycles. The number of aryl methyl sites for hydroxylation is 2. The third kappa shape index (κ3) is 1.31. The Labute approximate surface area is 78.7 Å². The molecule has 1 aliphatic carbocycles. The highest BCUT2D eigenvalue weighted by molar-refractivity contribution is 5.45. The Morgan fingerprint density at radius 1 is 1.46 bits per heavy atom. The van der Waals surface area contributed by atoms with Gasteiger partial charge in [-0.15, -0.1) is 0 Å². The molecule has 1 aromatic rings. The van der Waals surface area contributed by atoms with E-state index in [0.29, 0.717) is 0 Å². The summed E-state index contributed by atoms with van der Waals surface area (Å²) in [5.74, 6) is 0.955. The van der Waals surface area contributed by atoms with E-state index < -0.39 is 0 Å². The van der Waals surface area contributed by atoms with Crippen LogP contribution in [0.4, 0.5) is 0 Å². The maximum absolute atomic E-state index is 5.96. The molecule has 0 saturated carbocycles. The van der Waals surface area contributed by atoms with Gasteiger partial charge in [0.1, 0.15) is 5.75 Å². The second-order valence-electron chi connectivity index (χ2n) is 3.67. The van der Waals surface area contributed by atoms with E-state index in [2.05, 4.69) is 19.1 Å². The van der Waals surface area contributed by atoms with Crippen molar-refractivity contribution in [2.75, 3.05) is 7.11 Å². The fourth-order valence-electron chi connectivity index (χ4n) is 2.01. The lowest BCUT2D eigenvalue weighted by molar-refractivity contribution is 0.411. The summed E-state index contributed by atoms with van der Waals surface area (Å²) in [5.41, 5.74) is 9.83. The summed E-state index contributed by atoms with van der Waals surface area (Å²) in [6.45, 7) is 2.07. The van der Waals surface area contributed by atoms with Gasteiger partial charge in [0, 0.05) is 6.04 Å². The number of fused-ring (bicyclic) bond motifs is 1. The number of methoxy groups -OCH3 is 1. The first kappa shape index (κ1) is 8.57. The van der Waals surface area contributed by atoms with E-state index in [1.54, 1.807) is 7.11 Å². The summed E-state index contributed by atoms with van der Waals surface area (Å²) in [6.07, 6.45) is 2.18. The monoisotopic (exact) mass is 177 g/mol. The second-order valence-corrected chi connectivity index (χ2v) is 3.67. The van der Waals surface area contributed by atoms with Gasteiger partial charge >= 0.3 is 0 Å². The molecule has 2 nitrogen and oxygen atoms in total. The number of nitrogens with two attached hydrogens (primary N) is 1. The average molecular weight is 177 g/mol. The number of rotatable bonds is 1. The topological polar surface area (TPSA) is 35.2 Å². The van der Waals surface area contributed by atoms with Crippen molar-refractivity contribution in [2.24, 2.45) is 5.73 Å². The van der Waals surface area contributed by atoms with Gasteiger partial charge in [-0.05, 0) is 42.5 Å². The molecule has 0 fully saturated rings. The highest BCUT2D eigenvalue weighted by atomic mass is 16.5. The van der Waals surface area contributed by atoms with Crippen molar-refractivity contribution in [1.29, 1.82) is 0 Å². The van der Waals surface area contributed by atoms with Crippen LogP contribution >= 0.6 is 0 Å². The molecule has 2 heteroatoms. The first-order chi connectivity index (χ1) is 6.22. The van der Waals surface area contributed by atoms with Gasteiger partial charge in [0.15, 0.2) is 0 Å². The SMILES string of the molecule is COc1cc2c(cc1C)CCC2N. The molecule has 0 radical (unpaired) electrons. The van der Waals surface area contributed by atoms with E-state index in [1.807, 2.05) is 0 Å². The highest BCUT2D eigenvalue weighted by Gasteiger charge is 2.20. The summed E-state index contributed by atoms with van der Waals surface area (Å²) in [7, 11) is 1.70. The molecule has 0 amide bonds. The van der Waals surface area contributed by atoms with Crippen molar-refractivity contribution >= 4 is 0 Å². The molecule has 13 heavy (non-hydrogen) atoms. The predicted octanol–water partition coefficient (Wildman–Crippen LogP) is 1.95. The van der Waals surface area contributed by atoms with Crippen LogP contribution in [-0.2, 0) is 6.42 Å². The molecule has 0 saturated heterocycles. The quantitative estimate of drug-likeness (QED) is 0.711. The van der Waals surface area contributed by atoms with Crippen molar-refractivity contribution in [3.8, 4) is 5.75 Å². The zero-order valence-corrected chi connectivity index (χ0v) is 8.13. The Morgan fingerprint density at radius 2 is 2.23 bits per heavy atom. The van der Waals surface area contributed by atoms with Crippen molar-refractivity contribution < 1.29 is 4.74 Å². The van der Waals surface area contributed by atoms with Gasteiger partial charge in [-0.2, -0.15) is 0 Å². The average Bonchev–Trinajstić information content (AvgIpc) is 2.46. The third-order valence-corrected chi connectivity index (χ3v) is 2.78. The molecule has 0 aliphatic heterocycles. The van der Waals surface area contributed by atoms with Crippen LogP contribution in [0.1, 0.15) is 29.2 Å². The van der Waals surface area contributed by atoms with Gasteiger partial charge in [-0.1, -0.05) is 6.07 Å². The van der Waals surface area contributed by atoms with E-state index in [9.17, 15) is 0 Å². The standard InChI is InChI=1S/C11H15NO/c1-7-5-8-3-4-10(12)9(8)6-11(7)13-2/h5-6,10H,3-4,12H2,1-2H3. The Kier molecular flexibility index (Phi) is 2.00. The summed E-state index contributed by atoms with van der Waals surface area (Å²) >= 11 is 0. The lowest BCUT2D eigenvalue weighted by Crippen LogP contribution is -2.05. The third-order valence-electron chi connectivity index (χ3n) is 2.78. The van der Waals surface area contributed by atoms with E-state index in [-0.39, 0.29) is 6.04 Å². The van der Waals surface area contributed by atoms with Crippen molar-refractivity contribution in [1.82, 2.24) is 0 Å². The maximum atomic E-state index is 5.96. The minimum absolute atomic E-state index is 0.212. The number of hydrogen-bond acceptors (Lipinski definition) is 2. The lowest BCUT2D eigenvalue weighted by Gasteiger charge is -2.09. The Hall–Kier alpha value is -1.02. The molecule has 0 aromatic heterocycles. The summed E-state index contributed by atoms with van der Waals surface area (Å²) < 4.78 is 5.26. The van der Waals surface area contributed by atoms with Crippen molar-refractivity contribution in [3.63, 3.8) is 0 Å². The van der Waals surface area contributed by atoms with Gasteiger partial charge < -0.3 is 10.5 Å². The molecular formula is C11H15NO. The van der Waals surface area contributed by atoms with Crippen LogP contribution < -0.4 is 10.5 Å². The fourth-order valence-corrected chi connectivity index (χ4v) is 2.01. The first-order valence-electron chi connectivity index (χ1n) is 4.65. The van der Waals surface area contributed by atoms with Crippen LogP contribution in [0.2, 0.25) is 0 Å².